The first-order valence-electron chi connectivity index (χ1n) is 6.66. The molecule has 0 saturated heterocycles. The van der Waals surface area contributed by atoms with E-state index in [-0.39, 0.29) is 6.10 Å². The minimum absolute atomic E-state index is 0.222. The van der Waals surface area contributed by atoms with Crippen molar-refractivity contribution in [2.24, 2.45) is 0 Å². The third-order valence-corrected chi connectivity index (χ3v) is 3.68. The van der Waals surface area contributed by atoms with E-state index in [1.54, 1.807) is 11.3 Å². The van der Waals surface area contributed by atoms with Crippen molar-refractivity contribution in [2.75, 3.05) is 0 Å². The first-order valence-corrected chi connectivity index (χ1v) is 7.60. The van der Waals surface area contributed by atoms with Gasteiger partial charge in [0, 0.05) is 12.6 Å². The Morgan fingerprint density at radius 1 is 1.11 bits per heavy atom. The fourth-order valence-corrected chi connectivity index (χ4v) is 2.56. The first-order chi connectivity index (χ1) is 9.15. The third kappa shape index (κ3) is 4.37. The lowest BCUT2D eigenvalue weighted by atomic mass is 10.1. The normalized spacial score (nSPS) is 12.6. The van der Waals surface area contributed by atoms with Crippen LogP contribution in [0.1, 0.15) is 37.9 Å². The Hall–Kier alpha value is -1.32. The fraction of sp³-hybridized carbons (Fsp3) is 0.375. The van der Waals surface area contributed by atoms with Crippen LogP contribution < -0.4 is 10.1 Å². The Balaban J connectivity index is 1.90. The quantitative estimate of drug-likeness (QED) is 0.844. The summed E-state index contributed by atoms with van der Waals surface area (Å²) in [7, 11) is 0. The maximum absolute atomic E-state index is 5.65. The molecule has 2 nitrogen and oxygen atoms in total. The molecule has 0 aliphatic carbocycles. The molecule has 1 aromatic heterocycles. The monoisotopic (exact) mass is 275 g/mol. The Morgan fingerprint density at radius 2 is 1.84 bits per heavy atom. The largest absolute Gasteiger partial charge is 0.491 e. The van der Waals surface area contributed by atoms with E-state index in [1.807, 2.05) is 26.0 Å². The van der Waals surface area contributed by atoms with E-state index in [1.165, 1.54) is 11.1 Å². The second-order valence-corrected chi connectivity index (χ2v) is 5.75. The van der Waals surface area contributed by atoms with E-state index < -0.39 is 0 Å². The lowest BCUT2D eigenvalue weighted by molar-refractivity contribution is 0.242. The zero-order valence-corrected chi connectivity index (χ0v) is 12.5. The summed E-state index contributed by atoms with van der Waals surface area (Å²) in [5.74, 6) is 0.934. The van der Waals surface area contributed by atoms with E-state index in [2.05, 4.69) is 41.2 Å². The summed E-state index contributed by atoms with van der Waals surface area (Å²) < 4.78 is 5.65. The van der Waals surface area contributed by atoms with Crippen LogP contribution in [-0.2, 0) is 6.54 Å². The zero-order valence-electron chi connectivity index (χ0n) is 11.7. The molecule has 1 aromatic carbocycles. The molecular formula is C16H21NOS. The highest BCUT2D eigenvalue weighted by atomic mass is 32.1. The summed E-state index contributed by atoms with van der Waals surface area (Å²) in [6, 6.07) is 10.8. The summed E-state index contributed by atoms with van der Waals surface area (Å²) in [5.41, 5.74) is 2.63. The van der Waals surface area contributed by atoms with E-state index in [0.29, 0.717) is 6.04 Å². The van der Waals surface area contributed by atoms with Gasteiger partial charge in [-0.1, -0.05) is 12.1 Å². The van der Waals surface area contributed by atoms with Crippen molar-refractivity contribution < 1.29 is 4.74 Å². The van der Waals surface area contributed by atoms with Gasteiger partial charge in [0.05, 0.1) is 6.10 Å². The van der Waals surface area contributed by atoms with Gasteiger partial charge < -0.3 is 10.1 Å². The van der Waals surface area contributed by atoms with E-state index in [4.69, 9.17) is 4.74 Å². The maximum Gasteiger partial charge on any atom is 0.119 e. The standard InChI is InChI=1S/C16H21NOS/c1-12(2)18-16-6-4-15(5-7-16)13(3)17-10-14-8-9-19-11-14/h4-9,11-13,17H,10H2,1-3H3. The van der Waals surface area contributed by atoms with Crippen molar-refractivity contribution in [3.8, 4) is 5.75 Å². The summed E-state index contributed by atoms with van der Waals surface area (Å²) in [6.07, 6.45) is 0.222. The van der Waals surface area contributed by atoms with Crippen LogP contribution in [0.15, 0.2) is 41.1 Å². The molecule has 0 amide bonds. The van der Waals surface area contributed by atoms with Crippen LogP contribution in [-0.4, -0.2) is 6.10 Å². The maximum atomic E-state index is 5.65. The molecule has 0 bridgehead atoms. The summed E-state index contributed by atoms with van der Waals surface area (Å²) in [6.45, 7) is 7.18. The third-order valence-electron chi connectivity index (χ3n) is 2.94. The van der Waals surface area contributed by atoms with Crippen molar-refractivity contribution in [1.29, 1.82) is 0 Å². The van der Waals surface area contributed by atoms with Gasteiger partial charge in [0.2, 0.25) is 0 Å². The molecule has 0 saturated carbocycles. The second-order valence-electron chi connectivity index (χ2n) is 4.97. The second kappa shape index (κ2) is 6.73. The van der Waals surface area contributed by atoms with Gasteiger partial charge in [0.15, 0.2) is 0 Å². The zero-order chi connectivity index (χ0) is 13.7. The molecule has 2 rings (SSSR count). The summed E-state index contributed by atoms with van der Waals surface area (Å²) in [4.78, 5) is 0. The predicted molar refractivity (Wildman–Crippen MR) is 81.8 cm³/mol. The number of nitrogens with one attached hydrogen (secondary N) is 1. The number of hydrogen-bond acceptors (Lipinski definition) is 3. The Morgan fingerprint density at radius 3 is 2.42 bits per heavy atom. The van der Waals surface area contributed by atoms with Crippen LogP contribution in [0, 0.1) is 0 Å². The van der Waals surface area contributed by atoms with Crippen LogP contribution in [0.3, 0.4) is 0 Å². The van der Waals surface area contributed by atoms with E-state index >= 15 is 0 Å². The van der Waals surface area contributed by atoms with Crippen LogP contribution in [0.25, 0.3) is 0 Å². The van der Waals surface area contributed by atoms with Crippen molar-refractivity contribution >= 4 is 11.3 Å². The topological polar surface area (TPSA) is 21.3 Å². The van der Waals surface area contributed by atoms with Gasteiger partial charge in [-0.15, -0.1) is 0 Å². The van der Waals surface area contributed by atoms with Gasteiger partial charge in [-0.2, -0.15) is 11.3 Å². The van der Waals surface area contributed by atoms with Gasteiger partial charge in [-0.3, -0.25) is 0 Å². The van der Waals surface area contributed by atoms with Gasteiger partial charge >= 0.3 is 0 Å². The molecule has 1 atom stereocenters. The Kier molecular flexibility index (Phi) is 5.00. The van der Waals surface area contributed by atoms with Gasteiger partial charge in [-0.05, 0) is 60.9 Å². The predicted octanol–water partition coefficient (Wildman–Crippen LogP) is 4.39. The fourth-order valence-electron chi connectivity index (χ4n) is 1.89. The highest BCUT2D eigenvalue weighted by Crippen LogP contribution is 2.19. The minimum Gasteiger partial charge on any atom is -0.491 e. The molecule has 102 valence electrons. The molecule has 0 radical (unpaired) electrons. The molecule has 0 aliphatic heterocycles. The van der Waals surface area contributed by atoms with E-state index in [0.717, 1.165) is 12.3 Å². The SMILES string of the molecule is CC(C)Oc1ccc(C(C)NCc2ccsc2)cc1. The van der Waals surface area contributed by atoms with Crippen molar-refractivity contribution in [3.63, 3.8) is 0 Å². The first kappa shape index (κ1) is 14.1. The molecule has 0 fully saturated rings. The molecular weight excluding hydrogens is 254 g/mol. The Bertz CT molecular complexity index is 476. The number of thiophene rings is 1. The number of hydrogen-bond donors (Lipinski definition) is 1. The average Bonchev–Trinajstić information content (AvgIpc) is 2.89. The van der Waals surface area contributed by atoms with Gasteiger partial charge in [-0.25, -0.2) is 0 Å². The number of benzene rings is 1. The van der Waals surface area contributed by atoms with Gasteiger partial charge in [0.1, 0.15) is 5.75 Å². The smallest absolute Gasteiger partial charge is 0.119 e. The Labute approximate surface area is 119 Å². The van der Waals surface area contributed by atoms with Crippen LogP contribution in [0.5, 0.6) is 5.75 Å². The number of rotatable bonds is 6. The van der Waals surface area contributed by atoms with Gasteiger partial charge in [0.25, 0.3) is 0 Å². The summed E-state index contributed by atoms with van der Waals surface area (Å²) >= 11 is 1.74. The molecule has 1 N–H and O–H groups in total. The number of ether oxygens (including phenoxy) is 1. The lowest BCUT2D eigenvalue weighted by Gasteiger charge is -2.15. The van der Waals surface area contributed by atoms with Crippen LogP contribution in [0.2, 0.25) is 0 Å². The molecule has 3 heteroatoms. The lowest BCUT2D eigenvalue weighted by Crippen LogP contribution is -2.17. The van der Waals surface area contributed by atoms with E-state index in [9.17, 15) is 0 Å². The molecule has 0 aliphatic rings. The van der Waals surface area contributed by atoms with Crippen molar-refractivity contribution in [2.45, 2.75) is 39.5 Å². The molecule has 19 heavy (non-hydrogen) atoms. The average molecular weight is 275 g/mol. The summed E-state index contributed by atoms with van der Waals surface area (Å²) in [5, 5.41) is 7.82. The molecule has 0 spiro atoms. The molecule has 1 heterocycles. The highest BCUT2D eigenvalue weighted by Gasteiger charge is 2.05. The van der Waals surface area contributed by atoms with Crippen molar-refractivity contribution in [1.82, 2.24) is 5.32 Å². The van der Waals surface area contributed by atoms with Crippen molar-refractivity contribution in [3.05, 3.63) is 52.2 Å². The van der Waals surface area contributed by atoms with Crippen LogP contribution >= 0.6 is 11.3 Å². The molecule has 1 unspecified atom stereocenters. The van der Waals surface area contributed by atoms with Crippen LogP contribution in [0.4, 0.5) is 0 Å². The minimum atomic E-state index is 0.222. The highest BCUT2D eigenvalue weighted by molar-refractivity contribution is 7.07. The molecule has 2 aromatic rings.